The second kappa shape index (κ2) is 13.0. The molecule has 200 valence electrons. The van der Waals surface area contributed by atoms with Gasteiger partial charge in [-0.3, -0.25) is 9.59 Å². The number of anilines is 1. The summed E-state index contributed by atoms with van der Waals surface area (Å²) in [5.41, 5.74) is 2.52. The summed E-state index contributed by atoms with van der Waals surface area (Å²) in [4.78, 5) is 30.4. The number of halogens is 1. The Kier molecular flexibility index (Phi) is 9.27. The summed E-state index contributed by atoms with van der Waals surface area (Å²) in [7, 11) is 1.53. The van der Waals surface area contributed by atoms with Crippen LogP contribution in [0, 0.1) is 0 Å². The van der Waals surface area contributed by atoms with Gasteiger partial charge in [0, 0.05) is 22.1 Å². The molecule has 0 fully saturated rings. The van der Waals surface area contributed by atoms with Gasteiger partial charge in [-0.25, -0.2) is 4.98 Å². The molecule has 0 unspecified atom stereocenters. The van der Waals surface area contributed by atoms with Gasteiger partial charge in [0.15, 0.2) is 18.1 Å². The zero-order valence-corrected chi connectivity index (χ0v) is 23.4. The molecule has 0 spiro atoms. The molecule has 0 radical (unpaired) electrons. The van der Waals surface area contributed by atoms with Crippen molar-refractivity contribution in [3.05, 3.63) is 105 Å². The summed E-state index contributed by atoms with van der Waals surface area (Å²) in [6.45, 7) is 5.67. The van der Waals surface area contributed by atoms with E-state index in [2.05, 4.69) is 37.9 Å². The highest BCUT2D eigenvalue weighted by Crippen LogP contribution is 2.33. The number of hydrogen-bond donors (Lipinski definition) is 1. The van der Waals surface area contributed by atoms with Crippen molar-refractivity contribution >= 4 is 44.6 Å². The van der Waals surface area contributed by atoms with E-state index in [4.69, 9.17) is 9.47 Å². The van der Waals surface area contributed by atoms with Gasteiger partial charge in [-0.15, -0.1) is 6.58 Å². The lowest BCUT2D eigenvalue weighted by molar-refractivity contribution is -0.118. The highest BCUT2D eigenvalue weighted by atomic mass is 79.9. The number of aromatic nitrogens is 2. The molecule has 3 aromatic carbocycles. The van der Waals surface area contributed by atoms with Crippen LogP contribution in [-0.2, 0) is 17.6 Å². The topological polar surface area (TPSA) is 94.8 Å². The number of aryl methyl sites for hydroxylation is 1. The average Bonchev–Trinajstić information content (AvgIpc) is 2.93. The minimum absolute atomic E-state index is 0.197. The maximum absolute atomic E-state index is 13.3. The van der Waals surface area contributed by atoms with Crippen molar-refractivity contribution in [2.75, 3.05) is 19.0 Å². The van der Waals surface area contributed by atoms with Gasteiger partial charge in [0.25, 0.3) is 11.5 Å². The molecule has 0 atom stereocenters. The number of carbonyl (C=O) groups is 1. The first kappa shape index (κ1) is 27.8. The van der Waals surface area contributed by atoms with Crippen molar-refractivity contribution in [1.82, 2.24) is 9.66 Å². The summed E-state index contributed by atoms with van der Waals surface area (Å²) in [6.07, 6.45) is 5.21. The fourth-order valence-electron chi connectivity index (χ4n) is 4.06. The van der Waals surface area contributed by atoms with Crippen molar-refractivity contribution in [2.24, 2.45) is 5.10 Å². The Morgan fingerprint density at radius 1 is 1.18 bits per heavy atom. The van der Waals surface area contributed by atoms with E-state index in [0.717, 1.165) is 16.5 Å². The van der Waals surface area contributed by atoms with E-state index in [9.17, 15) is 9.59 Å². The molecule has 1 amide bonds. The SMILES string of the molecule is C=CCc1cc(C=Nn2c(CCC)nc3ccc(Br)cc3c2=O)cc(OC)c1OCC(=O)Nc1ccccc1. The average molecular weight is 589 g/mol. The number of para-hydroxylation sites is 1. The van der Waals surface area contributed by atoms with Gasteiger partial charge in [0.2, 0.25) is 0 Å². The van der Waals surface area contributed by atoms with Crippen LogP contribution in [0.1, 0.15) is 30.3 Å². The molecule has 1 N–H and O–H groups in total. The quantitative estimate of drug-likeness (QED) is 0.178. The second-order valence-corrected chi connectivity index (χ2v) is 9.62. The third-order valence-corrected chi connectivity index (χ3v) is 6.31. The largest absolute Gasteiger partial charge is 0.493 e. The molecule has 1 aromatic heterocycles. The van der Waals surface area contributed by atoms with E-state index >= 15 is 0 Å². The molecule has 0 bridgehead atoms. The molecule has 0 saturated carbocycles. The highest BCUT2D eigenvalue weighted by Gasteiger charge is 2.15. The summed E-state index contributed by atoms with van der Waals surface area (Å²) in [5.74, 6) is 1.16. The Labute approximate surface area is 235 Å². The van der Waals surface area contributed by atoms with Crippen LogP contribution in [-0.4, -0.2) is 35.5 Å². The lowest BCUT2D eigenvalue weighted by atomic mass is 10.1. The molecule has 39 heavy (non-hydrogen) atoms. The van der Waals surface area contributed by atoms with Crippen molar-refractivity contribution in [3.8, 4) is 11.5 Å². The van der Waals surface area contributed by atoms with Crippen LogP contribution in [0.4, 0.5) is 5.69 Å². The molecule has 1 heterocycles. The predicted octanol–water partition coefficient (Wildman–Crippen LogP) is 5.75. The van der Waals surface area contributed by atoms with Crippen molar-refractivity contribution in [2.45, 2.75) is 26.2 Å². The third-order valence-electron chi connectivity index (χ3n) is 5.81. The standard InChI is InChI=1S/C30H29BrN4O4/c1-4-9-21-15-20(16-26(38-3)29(21)39-19-28(36)33-23-11-7-6-8-12-23)18-32-35-27(10-5-2)34-25-14-13-22(31)17-24(25)30(35)37/h4,6-8,11-18H,1,5,9-10,19H2,2-3H3,(H,33,36). The van der Waals surface area contributed by atoms with E-state index in [1.54, 1.807) is 36.6 Å². The fourth-order valence-corrected chi connectivity index (χ4v) is 4.42. The minimum atomic E-state index is -0.295. The van der Waals surface area contributed by atoms with Crippen LogP contribution in [0.15, 0.2) is 87.7 Å². The highest BCUT2D eigenvalue weighted by molar-refractivity contribution is 9.10. The first-order valence-electron chi connectivity index (χ1n) is 12.5. The number of methoxy groups -OCH3 is 1. The molecular weight excluding hydrogens is 560 g/mol. The van der Waals surface area contributed by atoms with Crippen molar-refractivity contribution in [1.29, 1.82) is 0 Å². The first-order chi connectivity index (χ1) is 18.9. The molecule has 4 aromatic rings. The molecule has 9 heteroatoms. The number of benzene rings is 3. The van der Waals surface area contributed by atoms with Crippen molar-refractivity contribution < 1.29 is 14.3 Å². The lowest BCUT2D eigenvalue weighted by Gasteiger charge is -2.16. The van der Waals surface area contributed by atoms with Gasteiger partial charge >= 0.3 is 0 Å². The minimum Gasteiger partial charge on any atom is -0.493 e. The van der Waals surface area contributed by atoms with Gasteiger partial charge < -0.3 is 14.8 Å². The smallest absolute Gasteiger partial charge is 0.282 e. The number of fused-ring (bicyclic) bond motifs is 1. The Morgan fingerprint density at radius 2 is 1.97 bits per heavy atom. The molecule has 0 aliphatic carbocycles. The molecule has 0 aliphatic heterocycles. The second-order valence-electron chi connectivity index (χ2n) is 8.71. The van der Waals surface area contributed by atoms with Crippen LogP contribution in [0.2, 0.25) is 0 Å². The van der Waals surface area contributed by atoms with Crippen LogP contribution in [0.3, 0.4) is 0 Å². The summed E-state index contributed by atoms with van der Waals surface area (Å²) >= 11 is 3.43. The molecular formula is C30H29BrN4O4. The van der Waals surface area contributed by atoms with Crippen LogP contribution in [0.25, 0.3) is 10.9 Å². The number of ether oxygens (including phenoxy) is 2. The number of nitrogens with zero attached hydrogens (tertiary/aromatic N) is 3. The molecule has 0 aliphatic rings. The lowest BCUT2D eigenvalue weighted by Crippen LogP contribution is -2.22. The number of rotatable bonds is 11. The summed E-state index contributed by atoms with van der Waals surface area (Å²) in [5, 5.41) is 7.79. The van der Waals surface area contributed by atoms with Gasteiger partial charge in [-0.05, 0) is 60.9 Å². The number of carbonyl (C=O) groups excluding carboxylic acids is 1. The van der Waals surface area contributed by atoms with E-state index in [1.807, 2.05) is 43.3 Å². The van der Waals surface area contributed by atoms with E-state index < -0.39 is 0 Å². The predicted molar refractivity (Wildman–Crippen MR) is 158 cm³/mol. The van der Waals surface area contributed by atoms with Gasteiger partial charge in [-0.2, -0.15) is 9.78 Å². The Bertz CT molecular complexity index is 1580. The fraction of sp³-hybridized carbons (Fsp3) is 0.200. The Balaban J connectivity index is 1.65. The van der Waals surface area contributed by atoms with E-state index in [1.165, 1.54) is 11.8 Å². The first-order valence-corrected chi connectivity index (χ1v) is 13.3. The molecule has 4 rings (SSSR count). The zero-order valence-electron chi connectivity index (χ0n) is 21.8. The Hall–Kier alpha value is -4.24. The maximum Gasteiger partial charge on any atom is 0.282 e. The van der Waals surface area contributed by atoms with Crippen molar-refractivity contribution in [3.63, 3.8) is 0 Å². The van der Waals surface area contributed by atoms with Crippen LogP contribution in [0.5, 0.6) is 11.5 Å². The maximum atomic E-state index is 13.3. The number of allylic oxidation sites excluding steroid dienone is 1. The normalized spacial score (nSPS) is 11.1. The van der Waals surface area contributed by atoms with Gasteiger partial charge in [-0.1, -0.05) is 47.1 Å². The zero-order chi connectivity index (χ0) is 27.8. The number of amides is 1. The monoisotopic (exact) mass is 588 g/mol. The molecule has 0 saturated heterocycles. The summed E-state index contributed by atoms with van der Waals surface area (Å²) in [6, 6.07) is 18.2. The van der Waals surface area contributed by atoms with E-state index in [0.29, 0.717) is 52.3 Å². The summed E-state index contributed by atoms with van der Waals surface area (Å²) < 4.78 is 13.6. The number of nitrogens with one attached hydrogen (secondary N) is 1. The van der Waals surface area contributed by atoms with Crippen LogP contribution >= 0.6 is 15.9 Å². The van der Waals surface area contributed by atoms with E-state index in [-0.39, 0.29) is 18.1 Å². The Morgan fingerprint density at radius 3 is 2.69 bits per heavy atom. The molecule has 8 nitrogen and oxygen atoms in total. The van der Waals surface area contributed by atoms with Gasteiger partial charge in [0.05, 0.1) is 24.2 Å². The van der Waals surface area contributed by atoms with Gasteiger partial charge in [0.1, 0.15) is 5.82 Å². The van der Waals surface area contributed by atoms with Crippen LogP contribution < -0.4 is 20.3 Å². The third kappa shape index (κ3) is 6.80. The number of hydrogen-bond acceptors (Lipinski definition) is 6.